The normalized spacial score (nSPS) is 23.5. The number of hydrogen-bond donors (Lipinski definition) is 3. The van der Waals surface area contributed by atoms with Crippen LogP contribution in [0.15, 0.2) is 24.3 Å². The fraction of sp³-hybridized carbons (Fsp3) is 0.385. The van der Waals surface area contributed by atoms with Crippen LogP contribution < -0.4 is 10.6 Å². The lowest BCUT2D eigenvalue weighted by molar-refractivity contribution is 0.600. The lowest BCUT2D eigenvalue weighted by atomic mass is 10.2. The first kappa shape index (κ1) is 15.5. The fourth-order valence-electron chi connectivity index (χ4n) is 2.41. The van der Waals surface area contributed by atoms with E-state index in [-0.39, 0.29) is 17.5 Å². The van der Waals surface area contributed by atoms with Crippen molar-refractivity contribution in [1.82, 2.24) is 20.6 Å². The highest BCUT2D eigenvalue weighted by molar-refractivity contribution is 7.91. The number of imidazole rings is 1. The molecule has 0 unspecified atom stereocenters. The zero-order valence-corrected chi connectivity index (χ0v) is 13.9. The molecule has 0 spiro atoms. The van der Waals surface area contributed by atoms with Crippen molar-refractivity contribution >= 4 is 49.8 Å². The Kier molecular flexibility index (Phi) is 4.24. The molecule has 1 fully saturated rings. The van der Waals surface area contributed by atoms with E-state index in [2.05, 4.69) is 20.6 Å². The molecule has 2 heterocycles. The minimum atomic E-state index is -3.08. The lowest BCUT2D eigenvalue weighted by Gasteiger charge is -2.17. The smallest absolute Gasteiger partial charge is 0.166 e. The van der Waals surface area contributed by atoms with Crippen LogP contribution in [-0.4, -0.2) is 46.4 Å². The Bertz CT molecular complexity index is 772. The second kappa shape index (κ2) is 6.02. The molecule has 1 aromatic heterocycles. The molecule has 2 atom stereocenters. The van der Waals surface area contributed by atoms with Crippen LogP contribution in [0, 0.1) is 0 Å². The van der Waals surface area contributed by atoms with Crippen LogP contribution in [0.5, 0.6) is 0 Å². The maximum Gasteiger partial charge on any atom is 0.166 e. The summed E-state index contributed by atoms with van der Waals surface area (Å²) in [6.45, 7) is 0.424. The van der Waals surface area contributed by atoms with Crippen LogP contribution >= 0.6 is 23.8 Å². The molecule has 3 rings (SSSR count). The summed E-state index contributed by atoms with van der Waals surface area (Å²) in [5.41, 5.74) is 1.85. The summed E-state index contributed by atoms with van der Waals surface area (Å²) < 4.78 is 23.0. The molecule has 0 saturated carbocycles. The molecule has 3 N–H and O–H groups in total. The molecule has 6 nitrogen and oxygen atoms in total. The fourth-order valence-corrected chi connectivity index (χ4v) is 5.18. The van der Waals surface area contributed by atoms with Crippen molar-refractivity contribution in [2.75, 3.05) is 11.5 Å². The summed E-state index contributed by atoms with van der Waals surface area (Å²) in [4.78, 5) is 7.61. The molecule has 2 aromatic rings. The van der Waals surface area contributed by atoms with Gasteiger partial charge in [-0.05, 0) is 24.4 Å². The molecule has 1 aliphatic heterocycles. The molecule has 0 radical (unpaired) electrons. The van der Waals surface area contributed by atoms with Gasteiger partial charge in [0.05, 0.1) is 40.5 Å². The Balaban J connectivity index is 1.56. The maximum absolute atomic E-state index is 11.5. The molecular weight excluding hydrogens is 344 g/mol. The van der Waals surface area contributed by atoms with E-state index in [1.165, 1.54) is 0 Å². The van der Waals surface area contributed by atoms with Gasteiger partial charge in [0.25, 0.3) is 0 Å². The number of alkyl halides is 1. The summed E-state index contributed by atoms with van der Waals surface area (Å²) in [7, 11) is -3.08. The van der Waals surface area contributed by atoms with E-state index >= 15 is 0 Å². The minimum absolute atomic E-state index is 0.00756. The number of benzene rings is 1. The molecule has 0 aliphatic carbocycles. The van der Waals surface area contributed by atoms with Gasteiger partial charge in [-0.1, -0.05) is 12.1 Å². The summed E-state index contributed by atoms with van der Waals surface area (Å²) in [5, 5.41) is 5.87. The SMILES string of the molecule is O=S1(=O)C[C@H](NC(=S)NCc2nc3ccccc3[nH]2)[C@@H](Cl)C1. The number of nitrogens with zero attached hydrogens (tertiary/aromatic N) is 1. The van der Waals surface area contributed by atoms with Crippen molar-refractivity contribution in [2.24, 2.45) is 0 Å². The van der Waals surface area contributed by atoms with Crippen LogP contribution in [0.1, 0.15) is 5.82 Å². The molecule has 1 saturated heterocycles. The van der Waals surface area contributed by atoms with Crippen LogP contribution in [0.3, 0.4) is 0 Å². The Morgan fingerprint density at radius 3 is 2.86 bits per heavy atom. The number of nitrogens with one attached hydrogen (secondary N) is 3. The van der Waals surface area contributed by atoms with Gasteiger partial charge in [-0.3, -0.25) is 0 Å². The van der Waals surface area contributed by atoms with Gasteiger partial charge in [-0.2, -0.15) is 0 Å². The predicted molar refractivity (Wildman–Crippen MR) is 90.7 cm³/mol. The second-order valence-electron chi connectivity index (χ2n) is 5.23. The number of H-pyrrole nitrogens is 1. The van der Waals surface area contributed by atoms with Crippen molar-refractivity contribution in [3.05, 3.63) is 30.1 Å². The summed E-state index contributed by atoms with van der Waals surface area (Å²) in [6.07, 6.45) is 0. The molecule has 0 bridgehead atoms. The van der Waals surface area contributed by atoms with Crippen LogP contribution in [0.25, 0.3) is 11.0 Å². The highest BCUT2D eigenvalue weighted by atomic mass is 35.5. The third-order valence-corrected chi connectivity index (χ3v) is 6.09. The predicted octanol–water partition coefficient (Wildman–Crippen LogP) is 0.931. The number of thiocarbonyl (C=S) groups is 1. The van der Waals surface area contributed by atoms with Crippen molar-refractivity contribution in [1.29, 1.82) is 0 Å². The number of halogens is 1. The molecular formula is C13H15ClN4O2S2. The maximum atomic E-state index is 11.5. The third-order valence-electron chi connectivity index (χ3n) is 3.45. The van der Waals surface area contributed by atoms with Gasteiger partial charge >= 0.3 is 0 Å². The van der Waals surface area contributed by atoms with E-state index in [9.17, 15) is 8.42 Å². The van der Waals surface area contributed by atoms with E-state index in [0.29, 0.717) is 11.7 Å². The van der Waals surface area contributed by atoms with Gasteiger partial charge in [0, 0.05) is 0 Å². The molecule has 1 aliphatic rings. The van der Waals surface area contributed by atoms with Gasteiger partial charge in [0.15, 0.2) is 14.9 Å². The zero-order chi connectivity index (χ0) is 15.7. The van der Waals surface area contributed by atoms with Gasteiger partial charge in [0.1, 0.15) is 5.82 Å². The molecule has 0 amide bonds. The van der Waals surface area contributed by atoms with Crippen molar-refractivity contribution in [3.63, 3.8) is 0 Å². The zero-order valence-electron chi connectivity index (χ0n) is 11.5. The first-order valence-electron chi connectivity index (χ1n) is 6.75. The Morgan fingerprint density at radius 2 is 2.18 bits per heavy atom. The van der Waals surface area contributed by atoms with E-state index < -0.39 is 15.2 Å². The topological polar surface area (TPSA) is 86.9 Å². The van der Waals surface area contributed by atoms with E-state index in [1.807, 2.05) is 24.3 Å². The molecule has 22 heavy (non-hydrogen) atoms. The van der Waals surface area contributed by atoms with Gasteiger partial charge in [-0.15, -0.1) is 11.6 Å². The average Bonchev–Trinajstić information content (AvgIpc) is 2.96. The number of para-hydroxylation sites is 2. The summed E-state index contributed by atoms with van der Waals surface area (Å²) in [6, 6.07) is 7.37. The number of aromatic amines is 1. The number of hydrogen-bond acceptors (Lipinski definition) is 4. The molecule has 118 valence electrons. The number of aromatic nitrogens is 2. The minimum Gasteiger partial charge on any atom is -0.357 e. The lowest BCUT2D eigenvalue weighted by Crippen LogP contribution is -2.45. The van der Waals surface area contributed by atoms with Crippen LogP contribution in [0.2, 0.25) is 0 Å². The van der Waals surface area contributed by atoms with Gasteiger partial charge in [0.2, 0.25) is 0 Å². The Morgan fingerprint density at radius 1 is 1.41 bits per heavy atom. The summed E-state index contributed by atoms with van der Waals surface area (Å²) in [5.74, 6) is 0.748. The van der Waals surface area contributed by atoms with E-state index in [4.69, 9.17) is 23.8 Å². The summed E-state index contributed by atoms with van der Waals surface area (Å²) >= 11 is 11.2. The monoisotopic (exact) mass is 358 g/mol. The Hall–Kier alpha value is -1.38. The van der Waals surface area contributed by atoms with E-state index in [0.717, 1.165) is 16.9 Å². The van der Waals surface area contributed by atoms with Crippen LogP contribution in [-0.2, 0) is 16.4 Å². The number of rotatable bonds is 3. The van der Waals surface area contributed by atoms with Crippen molar-refractivity contribution in [2.45, 2.75) is 18.0 Å². The van der Waals surface area contributed by atoms with Gasteiger partial charge in [-0.25, -0.2) is 13.4 Å². The third kappa shape index (κ3) is 3.50. The first-order chi connectivity index (χ1) is 10.4. The van der Waals surface area contributed by atoms with Crippen molar-refractivity contribution < 1.29 is 8.42 Å². The van der Waals surface area contributed by atoms with Crippen LogP contribution in [0.4, 0.5) is 0 Å². The largest absolute Gasteiger partial charge is 0.357 e. The quantitative estimate of drug-likeness (QED) is 0.559. The highest BCUT2D eigenvalue weighted by Crippen LogP contribution is 2.17. The van der Waals surface area contributed by atoms with E-state index in [1.54, 1.807) is 0 Å². The molecule has 1 aromatic carbocycles. The first-order valence-corrected chi connectivity index (χ1v) is 9.42. The molecule has 9 heteroatoms. The standard InChI is InChI=1S/C13H15ClN4O2S2/c14-8-6-22(19,20)7-11(8)18-13(21)15-5-12-16-9-3-1-2-4-10(9)17-12/h1-4,8,11H,5-7H2,(H,16,17)(H2,15,18,21)/t8-,11-/m0/s1. The number of sulfone groups is 1. The van der Waals surface area contributed by atoms with Gasteiger partial charge < -0.3 is 15.6 Å². The number of fused-ring (bicyclic) bond motifs is 1. The Labute approximate surface area is 138 Å². The average molecular weight is 359 g/mol. The van der Waals surface area contributed by atoms with Crippen molar-refractivity contribution in [3.8, 4) is 0 Å². The second-order valence-corrected chi connectivity index (χ2v) is 8.35. The highest BCUT2D eigenvalue weighted by Gasteiger charge is 2.36.